The van der Waals surface area contributed by atoms with Crippen LogP contribution in [0.5, 0.6) is 5.75 Å². The molecule has 0 aliphatic carbocycles. The molecule has 0 saturated carbocycles. The number of ether oxygens (including phenoxy) is 1. The first-order valence-electron chi connectivity index (χ1n) is 8.47. The minimum absolute atomic E-state index is 0.0190. The topological polar surface area (TPSA) is 87.7 Å². The monoisotopic (exact) mass is 356 g/mol. The third-order valence-corrected chi connectivity index (χ3v) is 4.01. The highest BCUT2D eigenvalue weighted by molar-refractivity contribution is 5.89. The van der Waals surface area contributed by atoms with Crippen LogP contribution in [0.15, 0.2) is 48.5 Å². The molecule has 0 radical (unpaired) electrons. The van der Waals surface area contributed by atoms with Crippen LogP contribution in [0.25, 0.3) is 0 Å². The lowest BCUT2D eigenvalue weighted by atomic mass is 10.1. The van der Waals surface area contributed by atoms with Gasteiger partial charge in [0.15, 0.2) is 0 Å². The summed E-state index contributed by atoms with van der Waals surface area (Å²) in [5.74, 6) is -0.136. The lowest BCUT2D eigenvalue weighted by Crippen LogP contribution is -2.40. The van der Waals surface area contributed by atoms with E-state index in [0.717, 1.165) is 24.0 Å². The molecule has 0 bridgehead atoms. The van der Waals surface area contributed by atoms with Gasteiger partial charge in [-0.15, -0.1) is 0 Å². The molecule has 0 aliphatic rings. The van der Waals surface area contributed by atoms with Crippen molar-refractivity contribution in [3.63, 3.8) is 0 Å². The number of methoxy groups -OCH3 is 1. The molecule has 0 saturated heterocycles. The summed E-state index contributed by atoms with van der Waals surface area (Å²) in [6.07, 6.45) is 1.61. The lowest BCUT2D eigenvalue weighted by molar-refractivity contribution is 0.0600. The minimum Gasteiger partial charge on any atom is -0.508 e. The van der Waals surface area contributed by atoms with Crippen molar-refractivity contribution in [3.05, 3.63) is 65.2 Å². The third kappa shape index (κ3) is 6.12. The Morgan fingerprint density at radius 2 is 1.65 bits per heavy atom. The van der Waals surface area contributed by atoms with E-state index in [1.165, 1.54) is 7.11 Å². The molecule has 0 aromatic heterocycles. The summed E-state index contributed by atoms with van der Waals surface area (Å²) in [4.78, 5) is 23.4. The van der Waals surface area contributed by atoms with Gasteiger partial charge >= 0.3 is 12.0 Å². The molecule has 0 aliphatic heterocycles. The van der Waals surface area contributed by atoms with Gasteiger partial charge in [0.2, 0.25) is 0 Å². The molecule has 1 atom stereocenters. The van der Waals surface area contributed by atoms with Crippen molar-refractivity contribution in [2.75, 3.05) is 7.11 Å². The maximum Gasteiger partial charge on any atom is 0.337 e. The fourth-order valence-corrected chi connectivity index (χ4v) is 2.45. The van der Waals surface area contributed by atoms with Crippen molar-refractivity contribution in [2.45, 2.75) is 32.4 Å². The van der Waals surface area contributed by atoms with E-state index >= 15 is 0 Å². The Balaban J connectivity index is 1.72. The molecule has 6 nitrogen and oxygen atoms in total. The second-order valence-corrected chi connectivity index (χ2v) is 6.12. The van der Waals surface area contributed by atoms with E-state index in [2.05, 4.69) is 15.4 Å². The summed E-state index contributed by atoms with van der Waals surface area (Å²) in [7, 11) is 1.34. The van der Waals surface area contributed by atoms with E-state index < -0.39 is 0 Å². The van der Waals surface area contributed by atoms with Crippen molar-refractivity contribution < 1.29 is 19.4 Å². The van der Waals surface area contributed by atoms with Crippen molar-refractivity contribution in [3.8, 4) is 5.75 Å². The van der Waals surface area contributed by atoms with E-state index in [4.69, 9.17) is 0 Å². The predicted octanol–water partition coefficient (Wildman–Crippen LogP) is 3.00. The molecular weight excluding hydrogens is 332 g/mol. The SMILES string of the molecule is COC(=O)c1ccc(CNC(=O)NC(C)CCc2ccc(O)cc2)cc1. The van der Waals surface area contributed by atoms with Gasteiger partial charge in [-0.2, -0.15) is 0 Å². The van der Waals surface area contributed by atoms with Gasteiger partial charge in [0.05, 0.1) is 12.7 Å². The van der Waals surface area contributed by atoms with Crippen LogP contribution in [0.1, 0.15) is 34.8 Å². The van der Waals surface area contributed by atoms with Crippen LogP contribution < -0.4 is 10.6 Å². The molecule has 1 unspecified atom stereocenters. The van der Waals surface area contributed by atoms with Crippen LogP contribution in [0.4, 0.5) is 4.79 Å². The van der Waals surface area contributed by atoms with Gasteiger partial charge in [-0.05, 0) is 55.2 Å². The zero-order chi connectivity index (χ0) is 18.9. The van der Waals surface area contributed by atoms with Crippen molar-refractivity contribution in [2.24, 2.45) is 0 Å². The van der Waals surface area contributed by atoms with E-state index in [0.29, 0.717) is 12.1 Å². The first-order valence-corrected chi connectivity index (χ1v) is 8.47. The van der Waals surface area contributed by atoms with E-state index in [-0.39, 0.29) is 23.8 Å². The lowest BCUT2D eigenvalue weighted by Gasteiger charge is -2.15. The Bertz CT molecular complexity index is 726. The van der Waals surface area contributed by atoms with Gasteiger partial charge < -0.3 is 20.5 Å². The van der Waals surface area contributed by atoms with Gasteiger partial charge in [-0.25, -0.2) is 9.59 Å². The number of hydrogen-bond donors (Lipinski definition) is 3. The fraction of sp³-hybridized carbons (Fsp3) is 0.300. The number of esters is 1. The van der Waals surface area contributed by atoms with Crippen LogP contribution in [-0.4, -0.2) is 30.3 Å². The number of aryl methyl sites for hydroxylation is 1. The standard InChI is InChI=1S/C20H24N2O4/c1-14(3-4-15-7-11-18(23)12-8-15)22-20(25)21-13-16-5-9-17(10-6-16)19(24)26-2/h5-12,14,23H,3-4,13H2,1-2H3,(H2,21,22,25). The Labute approximate surface area is 153 Å². The molecule has 2 rings (SSSR count). The van der Waals surface area contributed by atoms with Gasteiger partial charge in [0.1, 0.15) is 5.75 Å². The average molecular weight is 356 g/mol. The number of carbonyl (C=O) groups is 2. The maximum absolute atomic E-state index is 12.0. The molecule has 6 heteroatoms. The van der Waals surface area contributed by atoms with E-state index in [1.54, 1.807) is 36.4 Å². The normalized spacial score (nSPS) is 11.5. The van der Waals surface area contributed by atoms with Crippen molar-refractivity contribution >= 4 is 12.0 Å². The molecule has 2 aromatic carbocycles. The van der Waals surface area contributed by atoms with Gasteiger partial charge in [-0.3, -0.25) is 0 Å². The average Bonchev–Trinajstić information content (AvgIpc) is 2.65. The highest BCUT2D eigenvalue weighted by Crippen LogP contribution is 2.12. The number of hydrogen-bond acceptors (Lipinski definition) is 4. The first kappa shape index (κ1) is 19.3. The Morgan fingerprint density at radius 3 is 2.27 bits per heavy atom. The van der Waals surface area contributed by atoms with Crippen LogP contribution in [0.2, 0.25) is 0 Å². The maximum atomic E-state index is 12.0. The zero-order valence-corrected chi connectivity index (χ0v) is 15.0. The summed E-state index contributed by atoms with van der Waals surface area (Å²) >= 11 is 0. The molecule has 0 spiro atoms. The smallest absolute Gasteiger partial charge is 0.337 e. The van der Waals surface area contributed by atoms with Gasteiger partial charge in [0.25, 0.3) is 0 Å². The highest BCUT2D eigenvalue weighted by Gasteiger charge is 2.08. The summed E-state index contributed by atoms with van der Waals surface area (Å²) in [6, 6.07) is 13.7. The first-order chi connectivity index (χ1) is 12.5. The number of aromatic hydroxyl groups is 1. The minimum atomic E-state index is -0.385. The zero-order valence-electron chi connectivity index (χ0n) is 15.0. The van der Waals surface area contributed by atoms with Crippen LogP contribution in [-0.2, 0) is 17.7 Å². The molecule has 0 fully saturated rings. The summed E-state index contributed by atoms with van der Waals surface area (Å²) in [6.45, 7) is 2.32. The number of rotatable bonds is 7. The number of benzene rings is 2. The molecule has 0 heterocycles. The second kappa shape index (κ2) is 9.46. The second-order valence-electron chi connectivity index (χ2n) is 6.12. The Kier molecular flexibility index (Phi) is 7.02. The van der Waals surface area contributed by atoms with Crippen molar-refractivity contribution in [1.82, 2.24) is 10.6 Å². The number of amides is 2. The molecule has 138 valence electrons. The molecule has 26 heavy (non-hydrogen) atoms. The Morgan fingerprint density at radius 1 is 1.04 bits per heavy atom. The largest absolute Gasteiger partial charge is 0.508 e. The van der Waals surface area contributed by atoms with Gasteiger partial charge in [0, 0.05) is 12.6 Å². The quantitative estimate of drug-likeness (QED) is 0.666. The van der Waals surface area contributed by atoms with Crippen LogP contribution >= 0.6 is 0 Å². The summed E-state index contributed by atoms with van der Waals surface area (Å²) in [5.41, 5.74) is 2.48. The fourth-order valence-electron chi connectivity index (χ4n) is 2.45. The number of nitrogens with one attached hydrogen (secondary N) is 2. The van der Waals surface area contributed by atoms with Crippen LogP contribution in [0, 0.1) is 0 Å². The summed E-state index contributed by atoms with van der Waals surface area (Å²) < 4.78 is 4.65. The predicted molar refractivity (Wildman–Crippen MR) is 99.0 cm³/mol. The third-order valence-electron chi connectivity index (χ3n) is 4.01. The number of urea groups is 1. The highest BCUT2D eigenvalue weighted by atomic mass is 16.5. The Hall–Kier alpha value is -3.02. The molecule has 3 N–H and O–H groups in total. The number of phenolic OH excluding ortho intramolecular Hbond substituents is 1. The van der Waals surface area contributed by atoms with Crippen LogP contribution in [0.3, 0.4) is 0 Å². The molecule has 2 amide bonds. The number of carbonyl (C=O) groups excluding carboxylic acids is 2. The van der Waals surface area contributed by atoms with Gasteiger partial charge in [-0.1, -0.05) is 24.3 Å². The van der Waals surface area contributed by atoms with E-state index in [1.807, 2.05) is 19.1 Å². The van der Waals surface area contributed by atoms with Crippen molar-refractivity contribution in [1.29, 1.82) is 0 Å². The van der Waals surface area contributed by atoms with E-state index in [9.17, 15) is 14.7 Å². The summed E-state index contributed by atoms with van der Waals surface area (Å²) in [5, 5.41) is 15.0. The molecule has 2 aromatic rings. The number of phenols is 1. The molecular formula is C20H24N2O4.